The molecule has 0 spiro atoms. The standard InChI is InChI=1S/C30H25F2N5O4/c1-30(2,3)41-29(40)35-23-14-16(8-10-33-23)17-12-18(28(38)39)25-22(13-17)37(27(36-25)15-4-5-15)21-9-11-34-26-20(32)7-6-19(31)24(21)26/h6-15H,4-5H2,1-3H3,(H,38,39)(H,33,35,40). The molecule has 6 rings (SSSR count). The van der Waals surface area contributed by atoms with E-state index in [0.717, 1.165) is 25.0 Å². The fourth-order valence-corrected chi connectivity index (χ4v) is 4.84. The smallest absolute Gasteiger partial charge is 0.413 e. The molecule has 41 heavy (non-hydrogen) atoms. The third-order valence-electron chi connectivity index (χ3n) is 6.69. The summed E-state index contributed by atoms with van der Waals surface area (Å²) in [6.45, 7) is 5.22. The Bertz CT molecular complexity index is 1880. The lowest BCUT2D eigenvalue weighted by atomic mass is 10.0. The van der Waals surface area contributed by atoms with Crippen molar-refractivity contribution in [3.8, 4) is 16.8 Å². The van der Waals surface area contributed by atoms with Gasteiger partial charge in [-0.15, -0.1) is 0 Å². The molecule has 1 aliphatic rings. The van der Waals surface area contributed by atoms with Gasteiger partial charge in [0.05, 0.1) is 22.2 Å². The minimum absolute atomic E-state index is 0.0243. The zero-order chi connectivity index (χ0) is 29.1. The maximum atomic E-state index is 15.2. The topological polar surface area (TPSA) is 119 Å². The molecule has 5 aromatic rings. The molecule has 208 valence electrons. The lowest BCUT2D eigenvalue weighted by Gasteiger charge is -2.19. The monoisotopic (exact) mass is 557 g/mol. The van der Waals surface area contributed by atoms with Crippen molar-refractivity contribution in [2.45, 2.75) is 45.1 Å². The number of carbonyl (C=O) groups is 2. The van der Waals surface area contributed by atoms with Crippen LogP contribution in [0, 0.1) is 11.6 Å². The number of aromatic carboxylic acids is 1. The van der Waals surface area contributed by atoms with Gasteiger partial charge in [-0.3, -0.25) is 14.9 Å². The molecular weight excluding hydrogens is 532 g/mol. The predicted octanol–water partition coefficient (Wildman–Crippen LogP) is 6.84. The molecule has 0 aliphatic heterocycles. The van der Waals surface area contributed by atoms with E-state index in [2.05, 4.69) is 15.3 Å². The number of nitrogens with zero attached hydrogens (tertiary/aromatic N) is 4. The van der Waals surface area contributed by atoms with E-state index in [-0.39, 0.29) is 33.7 Å². The predicted molar refractivity (Wildman–Crippen MR) is 148 cm³/mol. The summed E-state index contributed by atoms with van der Waals surface area (Å²) in [4.78, 5) is 37.7. The Morgan fingerprint density at radius 1 is 0.976 bits per heavy atom. The molecule has 1 fully saturated rings. The van der Waals surface area contributed by atoms with Crippen LogP contribution in [0.2, 0.25) is 0 Å². The maximum Gasteiger partial charge on any atom is 0.413 e. The number of benzene rings is 2. The summed E-state index contributed by atoms with van der Waals surface area (Å²) in [7, 11) is 0. The average Bonchev–Trinajstić information content (AvgIpc) is 3.69. The van der Waals surface area contributed by atoms with Crippen molar-refractivity contribution in [2.24, 2.45) is 0 Å². The van der Waals surface area contributed by atoms with Gasteiger partial charge in [0.25, 0.3) is 0 Å². The third-order valence-corrected chi connectivity index (χ3v) is 6.69. The van der Waals surface area contributed by atoms with Crippen LogP contribution in [0.25, 0.3) is 38.8 Å². The number of halogens is 2. The van der Waals surface area contributed by atoms with Gasteiger partial charge in [0.2, 0.25) is 0 Å². The van der Waals surface area contributed by atoms with E-state index in [0.29, 0.717) is 28.2 Å². The molecule has 0 atom stereocenters. The highest BCUT2D eigenvalue weighted by Gasteiger charge is 2.32. The van der Waals surface area contributed by atoms with Gasteiger partial charge in [0, 0.05) is 18.3 Å². The fourth-order valence-electron chi connectivity index (χ4n) is 4.84. The van der Waals surface area contributed by atoms with Crippen LogP contribution in [0.1, 0.15) is 55.7 Å². The van der Waals surface area contributed by atoms with Gasteiger partial charge in [-0.25, -0.2) is 28.3 Å². The first-order valence-corrected chi connectivity index (χ1v) is 13.0. The second kappa shape index (κ2) is 9.61. The number of nitrogens with one attached hydrogen (secondary N) is 1. The molecule has 3 heterocycles. The van der Waals surface area contributed by atoms with E-state index in [4.69, 9.17) is 9.72 Å². The maximum absolute atomic E-state index is 15.2. The third kappa shape index (κ3) is 4.94. The summed E-state index contributed by atoms with van der Waals surface area (Å²) in [6, 6.07) is 10.1. The van der Waals surface area contributed by atoms with Crippen molar-refractivity contribution < 1.29 is 28.2 Å². The van der Waals surface area contributed by atoms with Gasteiger partial charge in [-0.05, 0) is 87.2 Å². The number of ether oxygens (including phenoxy) is 1. The van der Waals surface area contributed by atoms with E-state index in [1.165, 1.54) is 18.5 Å². The highest BCUT2D eigenvalue weighted by atomic mass is 19.1. The van der Waals surface area contributed by atoms with Crippen LogP contribution in [0.3, 0.4) is 0 Å². The quantitative estimate of drug-likeness (QED) is 0.243. The number of hydrogen-bond donors (Lipinski definition) is 2. The number of amides is 1. The van der Waals surface area contributed by atoms with Crippen molar-refractivity contribution in [2.75, 3.05) is 5.32 Å². The molecule has 0 saturated heterocycles. The molecule has 0 radical (unpaired) electrons. The van der Waals surface area contributed by atoms with Crippen LogP contribution in [0.5, 0.6) is 0 Å². The first-order chi connectivity index (χ1) is 19.5. The normalized spacial score (nSPS) is 13.5. The van der Waals surface area contributed by atoms with E-state index in [1.54, 1.807) is 49.6 Å². The molecule has 0 unspecified atom stereocenters. The van der Waals surface area contributed by atoms with Crippen molar-refractivity contribution in [1.82, 2.24) is 19.5 Å². The second-order valence-corrected chi connectivity index (χ2v) is 10.9. The number of carboxylic acid groups (broad SMARTS) is 1. The second-order valence-electron chi connectivity index (χ2n) is 10.9. The molecule has 3 aromatic heterocycles. The van der Waals surface area contributed by atoms with E-state index < -0.39 is 29.3 Å². The summed E-state index contributed by atoms with van der Waals surface area (Å²) in [5.41, 5.74) is 1.12. The Morgan fingerprint density at radius 3 is 2.41 bits per heavy atom. The van der Waals surface area contributed by atoms with E-state index in [9.17, 15) is 19.1 Å². The van der Waals surface area contributed by atoms with Gasteiger partial charge in [0.1, 0.15) is 39.9 Å². The molecular formula is C30H25F2N5O4. The number of aromatic nitrogens is 4. The lowest BCUT2D eigenvalue weighted by Crippen LogP contribution is -2.27. The number of carboxylic acids is 1. The number of rotatable bonds is 5. The van der Waals surface area contributed by atoms with Crippen LogP contribution < -0.4 is 5.32 Å². The van der Waals surface area contributed by atoms with Gasteiger partial charge < -0.3 is 9.84 Å². The lowest BCUT2D eigenvalue weighted by molar-refractivity contribution is 0.0633. The number of hydrogen-bond acceptors (Lipinski definition) is 6. The minimum Gasteiger partial charge on any atom is -0.478 e. The number of carbonyl (C=O) groups excluding carboxylic acids is 1. The Kier molecular flexibility index (Phi) is 6.17. The Labute approximate surface area is 232 Å². The average molecular weight is 558 g/mol. The summed E-state index contributed by atoms with van der Waals surface area (Å²) in [5.74, 6) is -1.71. The summed E-state index contributed by atoms with van der Waals surface area (Å²) < 4.78 is 36.9. The van der Waals surface area contributed by atoms with Gasteiger partial charge in [-0.1, -0.05) is 0 Å². The molecule has 2 N–H and O–H groups in total. The highest BCUT2D eigenvalue weighted by molar-refractivity contribution is 6.04. The SMILES string of the molecule is CC(C)(C)OC(=O)Nc1cc(-c2cc(C(=O)O)c3nc(C4CC4)n(-c4ccnc5c(F)ccc(F)c45)c3c2)ccn1. The van der Waals surface area contributed by atoms with Crippen LogP contribution in [0.4, 0.5) is 19.4 Å². The van der Waals surface area contributed by atoms with Crippen LogP contribution in [-0.4, -0.2) is 42.3 Å². The van der Waals surface area contributed by atoms with Crippen LogP contribution in [0.15, 0.2) is 54.9 Å². The fraction of sp³-hybridized carbons (Fsp3) is 0.233. The van der Waals surface area contributed by atoms with Crippen molar-refractivity contribution in [3.05, 3.63) is 77.9 Å². The zero-order valence-corrected chi connectivity index (χ0v) is 22.4. The van der Waals surface area contributed by atoms with Gasteiger partial charge >= 0.3 is 12.1 Å². The van der Waals surface area contributed by atoms with Crippen molar-refractivity contribution in [3.63, 3.8) is 0 Å². The Morgan fingerprint density at radius 2 is 1.71 bits per heavy atom. The van der Waals surface area contributed by atoms with Crippen molar-refractivity contribution >= 4 is 39.8 Å². The zero-order valence-electron chi connectivity index (χ0n) is 22.4. The van der Waals surface area contributed by atoms with Gasteiger partial charge in [0.15, 0.2) is 0 Å². The van der Waals surface area contributed by atoms with Crippen molar-refractivity contribution in [1.29, 1.82) is 0 Å². The van der Waals surface area contributed by atoms with Gasteiger partial charge in [-0.2, -0.15) is 0 Å². The number of anilines is 1. The Balaban J connectivity index is 1.56. The molecule has 9 nitrogen and oxygen atoms in total. The Hall–Kier alpha value is -4.93. The van der Waals surface area contributed by atoms with Crippen LogP contribution >= 0.6 is 0 Å². The molecule has 11 heteroatoms. The molecule has 1 amide bonds. The number of imidazole rings is 1. The summed E-state index contributed by atoms with van der Waals surface area (Å²) in [5, 5.41) is 12.7. The number of fused-ring (bicyclic) bond motifs is 2. The highest BCUT2D eigenvalue weighted by Crippen LogP contribution is 2.44. The molecule has 1 aliphatic carbocycles. The molecule has 2 aromatic carbocycles. The summed E-state index contributed by atoms with van der Waals surface area (Å²) in [6.07, 6.45) is 3.86. The molecule has 1 saturated carbocycles. The largest absolute Gasteiger partial charge is 0.478 e. The minimum atomic E-state index is -1.19. The van der Waals surface area contributed by atoms with Crippen LogP contribution in [-0.2, 0) is 4.74 Å². The number of pyridine rings is 2. The summed E-state index contributed by atoms with van der Waals surface area (Å²) >= 11 is 0. The van der Waals surface area contributed by atoms with E-state index in [1.807, 2.05) is 0 Å². The van der Waals surface area contributed by atoms with E-state index >= 15 is 4.39 Å². The molecule has 0 bridgehead atoms. The first-order valence-electron chi connectivity index (χ1n) is 13.0. The first kappa shape index (κ1) is 26.3.